The normalized spacial score (nSPS) is 11.1. The number of fused-ring (bicyclic) bond motifs is 1. The van der Waals surface area contributed by atoms with Gasteiger partial charge in [0.05, 0.1) is 5.39 Å². The predicted molar refractivity (Wildman–Crippen MR) is 58.5 cm³/mol. The summed E-state index contributed by atoms with van der Waals surface area (Å²) in [7, 11) is 1.44. The maximum Gasteiger partial charge on any atom is 0.331 e. The van der Waals surface area contributed by atoms with Crippen molar-refractivity contribution in [2.75, 3.05) is 7.11 Å². The van der Waals surface area contributed by atoms with Crippen LogP contribution in [0.15, 0.2) is 15.7 Å². The van der Waals surface area contributed by atoms with Crippen molar-refractivity contribution in [2.45, 2.75) is 13.7 Å². The predicted octanol–water partition coefficient (Wildman–Crippen LogP) is 0.664. The number of methoxy groups -OCH3 is 1. The van der Waals surface area contributed by atoms with E-state index in [9.17, 15) is 9.59 Å². The van der Waals surface area contributed by atoms with E-state index in [0.717, 1.165) is 9.44 Å². The van der Waals surface area contributed by atoms with Crippen LogP contribution >= 0.6 is 11.3 Å². The highest BCUT2D eigenvalue weighted by molar-refractivity contribution is 7.18. The summed E-state index contributed by atoms with van der Waals surface area (Å²) in [6.45, 7) is 1.86. The Balaban J connectivity index is 2.83. The summed E-state index contributed by atoms with van der Waals surface area (Å²) in [6.07, 6.45) is 0. The molecule has 6 heteroatoms. The standard InChI is InChI=1S/C9H10N2O3S/c1-5-3-6-7(15-5)10-9(13)11(4-14-2)8(6)12/h3H,4H2,1-2H3,(H,10,13). The van der Waals surface area contributed by atoms with Crippen molar-refractivity contribution in [2.24, 2.45) is 0 Å². The smallest absolute Gasteiger partial charge is 0.331 e. The van der Waals surface area contributed by atoms with Crippen molar-refractivity contribution in [1.82, 2.24) is 9.55 Å². The van der Waals surface area contributed by atoms with Gasteiger partial charge in [0.1, 0.15) is 11.6 Å². The topological polar surface area (TPSA) is 64.1 Å². The molecule has 2 heterocycles. The Morgan fingerprint density at radius 2 is 2.27 bits per heavy atom. The third kappa shape index (κ3) is 1.62. The van der Waals surface area contributed by atoms with Crippen LogP contribution in [0.3, 0.4) is 0 Å². The number of hydrogen-bond acceptors (Lipinski definition) is 4. The number of aromatic amines is 1. The van der Waals surface area contributed by atoms with E-state index in [4.69, 9.17) is 4.74 Å². The van der Waals surface area contributed by atoms with E-state index in [1.807, 2.05) is 6.92 Å². The van der Waals surface area contributed by atoms with Crippen molar-refractivity contribution < 1.29 is 4.74 Å². The van der Waals surface area contributed by atoms with Crippen molar-refractivity contribution in [3.8, 4) is 0 Å². The Kier molecular flexibility index (Phi) is 2.45. The number of rotatable bonds is 2. The van der Waals surface area contributed by atoms with Crippen molar-refractivity contribution in [1.29, 1.82) is 0 Å². The third-order valence-corrected chi connectivity index (χ3v) is 3.02. The quantitative estimate of drug-likeness (QED) is 0.818. The van der Waals surface area contributed by atoms with Gasteiger partial charge in [-0.15, -0.1) is 11.3 Å². The molecule has 0 aromatic carbocycles. The van der Waals surface area contributed by atoms with E-state index in [0.29, 0.717) is 10.2 Å². The number of hydrogen-bond donors (Lipinski definition) is 1. The molecule has 0 unspecified atom stereocenters. The molecule has 0 atom stereocenters. The Morgan fingerprint density at radius 3 is 2.93 bits per heavy atom. The largest absolute Gasteiger partial charge is 0.364 e. The highest BCUT2D eigenvalue weighted by Crippen LogP contribution is 2.18. The van der Waals surface area contributed by atoms with E-state index in [-0.39, 0.29) is 12.3 Å². The van der Waals surface area contributed by atoms with Gasteiger partial charge in [0.15, 0.2) is 0 Å². The molecule has 2 rings (SSSR count). The summed E-state index contributed by atoms with van der Waals surface area (Å²) in [5.41, 5.74) is -0.740. The number of aromatic nitrogens is 2. The number of H-pyrrole nitrogens is 1. The molecule has 0 aliphatic carbocycles. The maximum absolute atomic E-state index is 11.8. The first-order valence-corrected chi connectivity index (χ1v) is 5.17. The fourth-order valence-electron chi connectivity index (χ4n) is 1.41. The molecule has 0 saturated carbocycles. The Hall–Kier alpha value is -1.40. The van der Waals surface area contributed by atoms with Gasteiger partial charge in [-0.1, -0.05) is 0 Å². The van der Waals surface area contributed by atoms with Gasteiger partial charge in [0, 0.05) is 12.0 Å². The minimum Gasteiger partial charge on any atom is -0.364 e. The Morgan fingerprint density at radius 1 is 1.53 bits per heavy atom. The van der Waals surface area contributed by atoms with E-state index >= 15 is 0 Å². The second-order valence-electron chi connectivity index (χ2n) is 3.18. The molecular formula is C9H10N2O3S. The first-order valence-electron chi connectivity index (χ1n) is 4.35. The van der Waals surface area contributed by atoms with Gasteiger partial charge in [0.25, 0.3) is 5.56 Å². The number of nitrogens with one attached hydrogen (secondary N) is 1. The molecule has 15 heavy (non-hydrogen) atoms. The van der Waals surface area contributed by atoms with Crippen LogP contribution in [-0.2, 0) is 11.5 Å². The Bertz CT molecular complexity index is 608. The van der Waals surface area contributed by atoms with Crippen LogP contribution in [0.4, 0.5) is 0 Å². The molecule has 0 fully saturated rings. The highest BCUT2D eigenvalue weighted by Gasteiger charge is 2.09. The number of ether oxygens (including phenoxy) is 1. The fraction of sp³-hybridized carbons (Fsp3) is 0.333. The minimum absolute atomic E-state index is 0.0288. The number of thiophene rings is 1. The third-order valence-electron chi connectivity index (χ3n) is 2.05. The average Bonchev–Trinajstić information content (AvgIpc) is 2.53. The summed E-state index contributed by atoms with van der Waals surface area (Å²) >= 11 is 1.40. The zero-order chi connectivity index (χ0) is 11.0. The van der Waals surface area contributed by atoms with Gasteiger partial charge in [-0.05, 0) is 13.0 Å². The van der Waals surface area contributed by atoms with Crippen LogP contribution in [-0.4, -0.2) is 16.7 Å². The SMILES string of the molecule is COCn1c(=O)[nH]c2sc(C)cc2c1=O. The van der Waals surface area contributed by atoms with Crippen molar-refractivity contribution >= 4 is 21.6 Å². The van der Waals surface area contributed by atoms with Gasteiger partial charge in [-0.2, -0.15) is 0 Å². The molecule has 2 aromatic rings. The highest BCUT2D eigenvalue weighted by atomic mass is 32.1. The molecule has 0 saturated heterocycles. The van der Waals surface area contributed by atoms with Gasteiger partial charge in [-0.3, -0.25) is 9.78 Å². The van der Waals surface area contributed by atoms with E-state index in [1.54, 1.807) is 6.07 Å². The molecule has 1 N–H and O–H groups in total. The molecule has 80 valence electrons. The fourth-order valence-corrected chi connectivity index (χ4v) is 2.31. The molecule has 0 amide bonds. The second-order valence-corrected chi connectivity index (χ2v) is 4.44. The zero-order valence-corrected chi connectivity index (χ0v) is 9.18. The Labute approximate surface area is 88.9 Å². The number of nitrogens with zero attached hydrogens (tertiary/aromatic N) is 1. The summed E-state index contributed by atoms with van der Waals surface area (Å²) in [6, 6.07) is 1.77. The lowest BCUT2D eigenvalue weighted by Crippen LogP contribution is -2.35. The molecule has 0 bridgehead atoms. The molecular weight excluding hydrogens is 216 g/mol. The summed E-state index contributed by atoms with van der Waals surface area (Å²) in [4.78, 5) is 27.6. The van der Waals surface area contributed by atoms with Gasteiger partial charge in [0.2, 0.25) is 0 Å². The van der Waals surface area contributed by atoms with Gasteiger partial charge in [-0.25, -0.2) is 9.36 Å². The van der Waals surface area contributed by atoms with Crippen molar-refractivity contribution in [3.05, 3.63) is 31.8 Å². The molecule has 0 aliphatic rings. The van der Waals surface area contributed by atoms with E-state index in [1.165, 1.54) is 18.4 Å². The zero-order valence-electron chi connectivity index (χ0n) is 8.36. The van der Waals surface area contributed by atoms with Gasteiger partial charge < -0.3 is 4.74 Å². The summed E-state index contributed by atoms with van der Waals surface area (Å²) in [5.74, 6) is 0. The minimum atomic E-state index is -0.434. The summed E-state index contributed by atoms with van der Waals surface area (Å²) < 4.78 is 5.83. The molecule has 0 spiro atoms. The first kappa shape index (κ1) is 10.1. The van der Waals surface area contributed by atoms with E-state index in [2.05, 4.69) is 4.98 Å². The molecule has 5 nitrogen and oxygen atoms in total. The molecule has 0 radical (unpaired) electrons. The first-order chi connectivity index (χ1) is 7.13. The van der Waals surface area contributed by atoms with Crippen LogP contribution in [0.2, 0.25) is 0 Å². The lowest BCUT2D eigenvalue weighted by molar-refractivity contribution is 0.125. The van der Waals surface area contributed by atoms with Crippen LogP contribution in [0.5, 0.6) is 0 Å². The summed E-state index contributed by atoms with van der Waals surface area (Å²) in [5, 5.41) is 0.536. The van der Waals surface area contributed by atoms with Crippen LogP contribution < -0.4 is 11.2 Å². The molecule has 2 aromatic heterocycles. The second kappa shape index (κ2) is 3.63. The lowest BCUT2D eigenvalue weighted by atomic mass is 10.4. The average molecular weight is 226 g/mol. The van der Waals surface area contributed by atoms with Gasteiger partial charge >= 0.3 is 5.69 Å². The molecule has 0 aliphatic heterocycles. The number of aryl methyl sites for hydroxylation is 1. The monoisotopic (exact) mass is 226 g/mol. The van der Waals surface area contributed by atoms with E-state index < -0.39 is 5.69 Å². The van der Waals surface area contributed by atoms with Crippen molar-refractivity contribution in [3.63, 3.8) is 0 Å². The van der Waals surface area contributed by atoms with Crippen LogP contribution in [0, 0.1) is 6.92 Å². The van der Waals surface area contributed by atoms with Crippen LogP contribution in [0.25, 0.3) is 10.2 Å². The maximum atomic E-state index is 11.8. The van der Waals surface area contributed by atoms with Crippen LogP contribution in [0.1, 0.15) is 4.88 Å². The lowest BCUT2D eigenvalue weighted by Gasteiger charge is -2.01.